The van der Waals surface area contributed by atoms with Crippen LogP contribution < -0.4 is 4.74 Å². The van der Waals surface area contributed by atoms with Crippen molar-refractivity contribution in [2.45, 2.75) is 44.7 Å². The third kappa shape index (κ3) is 4.51. The molecule has 1 aliphatic rings. The summed E-state index contributed by atoms with van der Waals surface area (Å²) in [5, 5.41) is 1.78. The molecule has 1 aromatic heterocycles. The van der Waals surface area contributed by atoms with E-state index in [0.717, 1.165) is 0 Å². The topological polar surface area (TPSA) is 87.2 Å². The van der Waals surface area contributed by atoms with Crippen LogP contribution in [0.5, 0.6) is 5.75 Å². The van der Waals surface area contributed by atoms with Crippen LogP contribution in [0.25, 0.3) is 0 Å². The third-order valence-electron chi connectivity index (χ3n) is 4.31. The number of hydrogen-bond acceptors (Lipinski definition) is 8. The van der Waals surface area contributed by atoms with Gasteiger partial charge < -0.3 is 18.9 Å². The van der Waals surface area contributed by atoms with Gasteiger partial charge in [0.05, 0.1) is 25.4 Å². The average Bonchev–Trinajstić information content (AvgIpc) is 3.33. The van der Waals surface area contributed by atoms with E-state index < -0.39 is 36.0 Å². The summed E-state index contributed by atoms with van der Waals surface area (Å²) >= 11 is 1.36. The summed E-state index contributed by atoms with van der Waals surface area (Å²) in [6, 6.07) is 6.29. The number of esters is 1. The van der Waals surface area contributed by atoms with E-state index >= 15 is 0 Å². The Morgan fingerprint density at radius 1 is 1.17 bits per heavy atom. The summed E-state index contributed by atoms with van der Waals surface area (Å²) in [4.78, 5) is 31.3. The zero-order valence-electron chi connectivity index (χ0n) is 16.9. The Kier molecular flexibility index (Phi) is 6.09. The molecule has 1 fully saturated rings. The van der Waals surface area contributed by atoms with Gasteiger partial charge in [0.2, 0.25) is 0 Å². The largest absolute Gasteiger partial charge is 0.497 e. The molecular weight excluding hydrogens is 396 g/mol. The number of aromatic nitrogens is 1. The fourth-order valence-electron chi connectivity index (χ4n) is 3.07. The molecule has 1 saturated heterocycles. The first-order valence-corrected chi connectivity index (χ1v) is 9.96. The van der Waals surface area contributed by atoms with Crippen molar-refractivity contribution in [3.63, 3.8) is 0 Å². The van der Waals surface area contributed by atoms with Gasteiger partial charge in [0, 0.05) is 10.9 Å². The molecule has 0 N–H and O–H groups in total. The first-order chi connectivity index (χ1) is 13.7. The van der Waals surface area contributed by atoms with Crippen LogP contribution in [0.15, 0.2) is 35.2 Å². The molecule has 2 heterocycles. The number of thiazole rings is 1. The van der Waals surface area contributed by atoms with E-state index in [1.807, 2.05) is 0 Å². The van der Waals surface area contributed by atoms with Crippen molar-refractivity contribution in [2.24, 2.45) is 0 Å². The predicted molar refractivity (Wildman–Crippen MR) is 106 cm³/mol. The summed E-state index contributed by atoms with van der Waals surface area (Å²) < 4.78 is 21.8. The molecule has 3 rings (SSSR count). The van der Waals surface area contributed by atoms with Gasteiger partial charge in [0.25, 0.3) is 0 Å². The summed E-state index contributed by atoms with van der Waals surface area (Å²) in [6.07, 6.45) is -2.50. The molecule has 29 heavy (non-hydrogen) atoms. The minimum atomic E-state index is -1.04. The van der Waals surface area contributed by atoms with Crippen LogP contribution in [-0.2, 0) is 19.0 Å². The van der Waals surface area contributed by atoms with Gasteiger partial charge in [-0.3, -0.25) is 4.90 Å². The van der Waals surface area contributed by atoms with Gasteiger partial charge in [-0.2, -0.15) is 0 Å². The monoisotopic (exact) mass is 420 g/mol. The molecule has 8 nitrogen and oxygen atoms in total. The zero-order chi connectivity index (χ0) is 21.2. The first kappa shape index (κ1) is 21.1. The zero-order valence-corrected chi connectivity index (χ0v) is 17.8. The number of carbonyl (C=O) groups excluding carboxylic acids is 2. The minimum absolute atomic E-state index is 0.535. The van der Waals surface area contributed by atoms with Gasteiger partial charge >= 0.3 is 12.1 Å². The van der Waals surface area contributed by atoms with Crippen LogP contribution in [-0.4, -0.2) is 47.9 Å². The van der Waals surface area contributed by atoms with Crippen molar-refractivity contribution in [1.82, 2.24) is 9.88 Å². The highest BCUT2D eigenvalue weighted by Crippen LogP contribution is 2.44. The molecule has 3 atom stereocenters. The van der Waals surface area contributed by atoms with Crippen LogP contribution in [0.1, 0.15) is 44.3 Å². The normalized spacial score (nSPS) is 21.7. The molecule has 0 radical (unpaired) electrons. The number of benzene rings is 1. The fourth-order valence-corrected chi connectivity index (χ4v) is 3.65. The number of amides is 1. The van der Waals surface area contributed by atoms with Gasteiger partial charge in [-0.05, 0) is 32.9 Å². The highest BCUT2D eigenvalue weighted by Gasteiger charge is 2.52. The number of ether oxygens (including phenoxy) is 4. The number of nitrogens with zero attached hydrogens (tertiary/aromatic N) is 2. The Balaban J connectivity index is 2.06. The van der Waals surface area contributed by atoms with E-state index in [2.05, 4.69) is 4.98 Å². The first-order valence-electron chi connectivity index (χ1n) is 9.02. The molecule has 156 valence electrons. The second kappa shape index (κ2) is 8.38. The minimum Gasteiger partial charge on any atom is -0.497 e. The van der Waals surface area contributed by atoms with Gasteiger partial charge in [-0.15, -0.1) is 11.3 Å². The second-order valence-corrected chi connectivity index (χ2v) is 8.17. The van der Waals surface area contributed by atoms with Gasteiger partial charge in [-0.1, -0.05) is 12.1 Å². The van der Waals surface area contributed by atoms with Crippen molar-refractivity contribution in [3.05, 3.63) is 46.4 Å². The quantitative estimate of drug-likeness (QED) is 0.697. The Bertz CT molecular complexity index is 847. The molecular formula is C20H24N2O6S. The van der Waals surface area contributed by atoms with E-state index in [-0.39, 0.29) is 0 Å². The molecule has 3 unspecified atom stereocenters. The molecule has 9 heteroatoms. The van der Waals surface area contributed by atoms with E-state index in [0.29, 0.717) is 17.0 Å². The lowest BCUT2D eigenvalue weighted by Gasteiger charge is -2.30. The maximum atomic E-state index is 13.2. The molecule has 2 aromatic rings. The SMILES string of the molecule is COC(=O)C1OC(c2ccc(OC)cc2)N(C(=O)OC(C)(C)C)C1c1cscn1. The van der Waals surface area contributed by atoms with Crippen LogP contribution in [0.4, 0.5) is 4.79 Å². The molecule has 0 spiro atoms. The molecule has 1 aromatic carbocycles. The number of hydrogen-bond donors (Lipinski definition) is 0. The number of carbonyl (C=O) groups is 2. The molecule has 0 aliphatic carbocycles. The van der Waals surface area contributed by atoms with E-state index in [1.54, 1.807) is 63.0 Å². The number of rotatable bonds is 4. The van der Waals surface area contributed by atoms with Crippen molar-refractivity contribution in [3.8, 4) is 5.75 Å². The highest BCUT2D eigenvalue weighted by molar-refractivity contribution is 7.07. The molecule has 1 aliphatic heterocycles. The van der Waals surface area contributed by atoms with Crippen molar-refractivity contribution in [2.75, 3.05) is 14.2 Å². The van der Waals surface area contributed by atoms with Crippen LogP contribution >= 0.6 is 11.3 Å². The molecule has 0 bridgehead atoms. The van der Waals surface area contributed by atoms with Crippen LogP contribution in [0, 0.1) is 0 Å². The maximum Gasteiger partial charge on any atom is 0.413 e. The summed E-state index contributed by atoms with van der Waals surface area (Å²) in [5.74, 6) is 0.0729. The predicted octanol–water partition coefficient (Wildman–Crippen LogP) is 3.70. The van der Waals surface area contributed by atoms with Gasteiger partial charge in [-0.25, -0.2) is 14.6 Å². The summed E-state index contributed by atoms with van der Waals surface area (Å²) in [6.45, 7) is 5.33. The lowest BCUT2D eigenvalue weighted by Crippen LogP contribution is -2.40. The van der Waals surface area contributed by atoms with E-state index in [9.17, 15) is 9.59 Å². The molecule has 1 amide bonds. The fraction of sp³-hybridized carbons (Fsp3) is 0.450. The smallest absolute Gasteiger partial charge is 0.413 e. The second-order valence-electron chi connectivity index (χ2n) is 7.45. The maximum absolute atomic E-state index is 13.2. The van der Waals surface area contributed by atoms with Crippen LogP contribution in [0.2, 0.25) is 0 Å². The average molecular weight is 420 g/mol. The Hall–Kier alpha value is -2.65. The van der Waals surface area contributed by atoms with Crippen molar-refractivity contribution >= 4 is 23.4 Å². The lowest BCUT2D eigenvalue weighted by atomic mass is 10.1. The van der Waals surface area contributed by atoms with Crippen molar-refractivity contribution in [1.29, 1.82) is 0 Å². The van der Waals surface area contributed by atoms with E-state index in [1.165, 1.54) is 23.3 Å². The summed E-state index contributed by atoms with van der Waals surface area (Å²) in [7, 11) is 2.85. The van der Waals surface area contributed by atoms with Gasteiger partial charge in [0.1, 0.15) is 17.4 Å². The lowest BCUT2D eigenvalue weighted by molar-refractivity contribution is -0.154. The Labute approximate surface area is 173 Å². The molecule has 0 saturated carbocycles. The third-order valence-corrected chi connectivity index (χ3v) is 4.91. The van der Waals surface area contributed by atoms with E-state index in [4.69, 9.17) is 18.9 Å². The standard InChI is InChI=1S/C20H24N2O6S/c1-20(2,3)28-19(24)22-15(14-10-29-11-21-14)16(18(23)26-5)27-17(22)12-6-8-13(25-4)9-7-12/h6-11,15-17H,1-5H3. The van der Waals surface area contributed by atoms with Gasteiger partial charge in [0.15, 0.2) is 12.3 Å². The Morgan fingerprint density at radius 2 is 1.86 bits per heavy atom. The highest BCUT2D eigenvalue weighted by atomic mass is 32.1. The van der Waals surface area contributed by atoms with Crippen LogP contribution in [0.3, 0.4) is 0 Å². The summed E-state index contributed by atoms with van der Waals surface area (Å²) in [5.41, 5.74) is 2.12. The van der Waals surface area contributed by atoms with Crippen molar-refractivity contribution < 1.29 is 28.5 Å². The number of methoxy groups -OCH3 is 2. The Morgan fingerprint density at radius 3 is 2.38 bits per heavy atom.